The van der Waals surface area contributed by atoms with Gasteiger partial charge in [-0.1, -0.05) is 6.07 Å². The molecule has 0 radical (unpaired) electrons. The molecule has 3 heterocycles. The number of aliphatic hydroxyl groups is 1. The van der Waals surface area contributed by atoms with Crippen molar-refractivity contribution in [2.45, 2.75) is 38.6 Å². The van der Waals surface area contributed by atoms with Crippen LogP contribution >= 0.6 is 0 Å². The smallest absolute Gasteiger partial charge is 0.259 e. The van der Waals surface area contributed by atoms with Gasteiger partial charge in [-0.25, -0.2) is 19.0 Å². The van der Waals surface area contributed by atoms with E-state index in [2.05, 4.69) is 30.8 Å². The number of benzene rings is 1. The maximum atomic E-state index is 14.8. The monoisotopic (exact) mass is 462 g/mol. The molecule has 1 atom stereocenters. The number of nitrogens with one attached hydrogen (secondary N) is 1. The highest BCUT2D eigenvalue weighted by atomic mass is 19.1. The second kappa shape index (κ2) is 8.75. The van der Waals surface area contributed by atoms with Crippen molar-refractivity contribution >= 4 is 11.7 Å². The highest BCUT2D eigenvalue weighted by Crippen LogP contribution is 2.39. The van der Waals surface area contributed by atoms with E-state index in [1.165, 1.54) is 16.8 Å². The lowest BCUT2D eigenvalue weighted by Gasteiger charge is -2.12. The van der Waals surface area contributed by atoms with Gasteiger partial charge >= 0.3 is 0 Å². The number of aryl methyl sites for hydroxylation is 1. The molecule has 0 aliphatic heterocycles. The Labute approximate surface area is 194 Å². The summed E-state index contributed by atoms with van der Waals surface area (Å²) < 4.78 is 18.0. The maximum Gasteiger partial charge on any atom is 0.259 e. The Kier molecular flexibility index (Phi) is 5.62. The second-order valence-electron chi connectivity index (χ2n) is 8.44. The minimum atomic E-state index is -0.630. The molecule has 34 heavy (non-hydrogen) atoms. The van der Waals surface area contributed by atoms with E-state index in [-0.39, 0.29) is 24.0 Å². The lowest BCUT2D eigenvalue weighted by atomic mass is 10.1. The Morgan fingerprint density at radius 3 is 2.91 bits per heavy atom. The Morgan fingerprint density at radius 1 is 1.32 bits per heavy atom. The second-order valence-corrected chi connectivity index (χ2v) is 8.44. The van der Waals surface area contributed by atoms with Gasteiger partial charge in [0, 0.05) is 12.1 Å². The van der Waals surface area contributed by atoms with E-state index in [1.807, 2.05) is 10.8 Å². The van der Waals surface area contributed by atoms with Crippen molar-refractivity contribution in [2.24, 2.45) is 0 Å². The largest absolute Gasteiger partial charge is 0.394 e. The molecule has 10 nitrogen and oxygen atoms in total. The van der Waals surface area contributed by atoms with Crippen LogP contribution in [-0.4, -0.2) is 52.4 Å². The molecule has 0 spiro atoms. The molecule has 1 saturated carbocycles. The third-order valence-corrected chi connectivity index (χ3v) is 5.80. The fourth-order valence-corrected chi connectivity index (χ4v) is 3.72. The standard InChI is InChI=1S/C23H23FN8O2/c1-13-8-17(24)16(9-20(13)31-10-19(25-12-31)15-6-7-15)23(34)27-21-5-3-4-18(26-21)22-28-29-30-32(22)14(2)11-33/h3-5,8-10,12,14-15,33H,6-7,11H2,1-2H3,(H,26,27,34)/t14-/m0/s1. The highest BCUT2D eigenvalue weighted by Gasteiger charge is 2.26. The van der Waals surface area contributed by atoms with Crippen LogP contribution in [0.25, 0.3) is 17.2 Å². The van der Waals surface area contributed by atoms with Gasteiger partial charge in [0.25, 0.3) is 5.91 Å². The number of pyridine rings is 1. The predicted octanol–water partition coefficient (Wildman–Crippen LogP) is 3.05. The third kappa shape index (κ3) is 4.17. The number of hydrogen-bond donors (Lipinski definition) is 2. The molecule has 11 heteroatoms. The molecule has 1 aromatic carbocycles. The van der Waals surface area contributed by atoms with Crippen LogP contribution in [0.15, 0.2) is 42.9 Å². The molecule has 1 aliphatic rings. The number of rotatable bonds is 7. The molecule has 4 aromatic rings. The van der Waals surface area contributed by atoms with Crippen LogP contribution in [0.4, 0.5) is 10.2 Å². The van der Waals surface area contributed by atoms with Gasteiger partial charge in [-0.05, 0) is 66.9 Å². The normalized spacial score (nSPS) is 14.2. The van der Waals surface area contributed by atoms with Crippen molar-refractivity contribution in [3.05, 3.63) is 65.5 Å². The Balaban J connectivity index is 1.41. The summed E-state index contributed by atoms with van der Waals surface area (Å²) >= 11 is 0. The number of carbonyl (C=O) groups excluding carboxylic acids is 1. The van der Waals surface area contributed by atoms with Crippen molar-refractivity contribution in [3.8, 4) is 17.2 Å². The number of amides is 1. The fraction of sp³-hybridized carbons (Fsp3) is 0.304. The molecule has 1 aliphatic carbocycles. The summed E-state index contributed by atoms with van der Waals surface area (Å²) in [6.07, 6.45) is 5.88. The number of aliphatic hydroxyl groups excluding tert-OH is 1. The van der Waals surface area contributed by atoms with Crippen LogP contribution < -0.4 is 5.32 Å². The first-order chi connectivity index (χ1) is 16.4. The molecule has 5 rings (SSSR count). The summed E-state index contributed by atoms with van der Waals surface area (Å²) in [5.74, 6) is -0.209. The van der Waals surface area contributed by atoms with Crippen LogP contribution in [0.3, 0.4) is 0 Å². The molecule has 3 aromatic heterocycles. The number of halogens is 1. The summed E-state index contributed by atoms with van der Waals surface area (Å²) in [6, 6.07) is 7.47. The SMILES string of the molecule is Cc1cc(F)c(C(=O)Nc2cccc(-c3nnnn3[C@@H](C)CO)n2)cc1-n1cnc(C2CC2)c1. The van der Waals surface area contributed by atoms with Gasteiger partial charge in [0.15, 0.2) is 0 Å². The zero-order valence-corrected chi connectivity index (χ0v) is 18.7. The first kappa shape index (κ1) is 21.8. The van der Waals surface area contributed by atoms with E-state index in [0.29, 0.717) is 28.7 Å². The third-order valence-electron chi connectivity index (χ3n) is 5.80. The summed E-state index contributed by atoms with van der Waals surface area (Å²) in [5.41, 5.74) is 2.68. The molecule has 1 amide bonds. The maximum absolute atomic E-state index is 14.8. The van der Waals surface area contributed by atoms with Crippen molar-refractivity contribution in [2.75, 3.05) is 11.9 Å². The van der Waals surface area contributed by atoms with E-state index in [9.17, 15) is 14.3 Å². The van der Waals surface area contributed by atoms with Crippen LogP contribution in [-0.2, 0) is 0 Å². The molecule has 0 bridgehead atoms. The average molecular weight is 462 g/mol. The zero-order chi connectivity index (χ0) is 23.8. The van der Waals surface area contributed by atoms with Gasteiger partial charge in [0.2, 0.25) is 5.82 Å². The summed E-state index contributed by atoms with van der Waals surface area (Å²) in [5, 5.41) is 23.6. The highest BCUT2D eigenvalue weighted by molar-refractivity contribution is 6.04. The summed E-state index contributed by atoms with van der Waals surface area (Å²) in [4.78, 5) is 21.8. The van der Waals surface area contributed by atoms with Gasteiger partial charge in [-0.15, -0.1) is 5.10 Å². The minimum absolute atomic E-state index is 0.104. The first-order valence-electron chi connectivity index (χ1n) is 11.0. The lowest BCUT2D eigenvalue weighted by molar-refractivity contribution is 0.102. The van der Waals surface area contributed by atoms with Crippen molar-refractivity contribution < 1.29 is 14.3 Å². The number of nitrogens with zero attached hydrogens (tertiary/aromatic N) is 7. The fourth-order valence-electron chi connectivity index (χ4n) is 3.72. The number of aromatic nitrogens is 7. The zero-order valence-electron chi connectivity index (χ0n) is 18.7. The van der Waals surface area contributed by atoms with Crippen LogP contribution in [0.5, 0.6) is 0 Å². The summed E-state index contributed by atoms with van der Waals surface area (Å²) in [7, 11) is 0. The Morgan fingerprint density at radius 2 is 2.15 bits per heavy atom. The minimum Gasteiger partial charge on any atom is -0.394 e. The number of anilines is 1. The number of tetrazole rings is 1. The van der Waals surface area contributed by atoms with E-state index in [1.54, 1.807) is 38.4 Å². The van der Waals surface area contributed by atoms with E-state index in [4.69, 9.17) is 0 Å². The number of carbonyl (C=O) groups is 1. The molecule has 174 valence electrons. The van der Waals surface area contributed by atoms with E-state index >= 15 is 0 Å². The van der Waals surface area contributed by atoms with Crippen molar-refractivity contribution in [3.63, 3.8) is 0 Å². The number of imidazole rings is 1. The predicted molar refractivity (Wildman–Crippen MR) is 121 cm³/mol. The first-order valence-corrected chi connectivity index (χ1v) is 11.0. The quantitative estimate of drug-likeness (QED) is 0.433. The van der Waals surface area contributed by atoms with Crippen molar-refractivity contribution in [1.82, 2.24) is 34.7 Å². The lowest BCUT2D eigenvalue weighted by Crippen LogP contribution is -2.16. The van der Waals surface area contributed by atoms with Crippen molar-refractivity contribution in [1.29, 1.82) is 0 Å². The molecule has 0 unspecified atom stereocenters. The Hall–Kier alpha value is -3.99. The van der Waals surface area contributed by atoms with E-state index < -0.39 is 11.7 Å². The average Bonchev–Trinajstić information content (AvgIpc) is 3.35. The van der Waals surface area contributed by atoms with Gasteiger partial charge in [-0.2, -0.15) is 0 Å². The molecular formula is C23H23FN8O2. The van der Waals surface area contributed by atoms with Crippen LogP contribution in [0.1, 0.15) is 53.3 Å². The van der Waals surface area contributed by atoms with Gasteiger partial charge in [0.1, 0.15) is 17.3 Å². The molecular weight excluding hydrogens is 439 g/mol. The molecule has 0 saturated heterocycles. The summed E-state index contributed by atoms with van der Waals surface area (Å²) in [6.45, 7) is 3.40. The van der Waals surface area contributed by atoms with Gasteiger partial charge in [-0.3, -0.25) is 4.79 Å². The van der Waals surface area contributed by atoms with Gasteiger partial charge in [0.05, 0.1) is 35.9 Å². The van der Waals surface area contributed by atoms with Gasteiger partial charge < -0.3 is 15.0 Å². The number of hydrogen-bond acceptors (Lipinski definition) is 7. The van der Waals surface area contributed by atoms with E-state index in [0.717, 1.165) is 18.5 Å². The molecule has 2 N–H and O–H groups in total. The van der Waals surface area contributed by atoms with Crippen LogP contribution in [0, 0.1) is 12.7 Å². The molecule has 1 fully saturated rings. The topological polar surface area (TPSA) is 124 Å². The van der Waals surface area contributed by atoms with Crippen LogP contribution in [0.2, 0.25) is 0 Å². The Bertz CT molecular complexity index is 1360.